The average molecular weight is 486 g/mol. The lowest BCUT2D eigenvalue weighted by Gasteiger charge is -2.22. The van der Waals surface area contributed by atoms with Crippen LogP contribution in [0.2, 0.25) is 0 Å². The molecule has 0 bridgehead atoms. The summed E-state index contributed by atoms with van der Waals surface area (Å²) in [4.78, 5) is 24.7. The molecule has 146 valence electrons. The number of hydrogen-bond donors (Lipinski definition) is 1. The fourth-order valence-electron chi connectivity index (χ4n) is 2.17. The van der Waals surface area contributed by atoms with E-state index in [1.165, 1.54) is 0 Å². The Hall–Kier alpha value is -2.17. The highest BCUT2D eigenvalue weighted by Gasteiger charge is 2.27. The quantitative estimate of drug-likeness (QED) is 0.368. The second-order valence-electron chi connectivity index (χ2n) is 6.87. The number of benzene rings is 1. The molecule has 1 N–H and O–H groups in total. The number of carbonyl (C=O) groups excluding carboxylic acids is 2. The zero-order valence-electron chi connectivity index (χ0n) is 15.5. The summed E-state index contributed by atoms with van der Waals surface area (Å²) < 4.78 is 12.9. The molecule has 1 aromatic heterocycles. The standard InChI is InChI=1S/C18H23IN4O4/c1-18(2,3)27-17(25)20-15(9-14-10-23(12-19)22-21-14)16(24)26-11-13-7-5-4-6-8-13/h4-8,10,15H,9,11-12H2,1-3H3,(H,20,25)/t15-/m0/s1. The number of esters is 1. The van der Waals surface area contributed by atoms with Crippen molar-refractivity contribution in [1.82, 2.24) is 20.3 Å². The van der Waals surface area contributed by atoms with Crippen LogP contribution in [0.5, 0.6) is 0 Å². The third-order valence-electron chi connectivity index (χ3n) is 3.32. The van der Waals surface area contributed by atoms with Gasteiger partial charge in [-0.25, -0.2) is 14.3 Å². The van der Waals surface area contributed by atoms with Crippen molar-refractivity contribution in [1.29, 1.82) is 0 Å². The van der Waals surface area contributed by atoms with E-state index < -0.39 is 23.7 Å². The number of rotatable bonds is 7. The Labute approximate surface area is 171 Å². The van der Waals surface area contributed by atoms with E-state index >= 15 is 0 Å². The van der Waals surface area contributed by atoms with Crippen LogP contribution in [0.3, 0.4) is 0 Å². The minimum absolute atomic E-state index is 0.118. The first-order chi connectivity index (χ1) is 12.8. The van der Waals surface area contributed by atoms with Crippen LogP contribution in [0.15, 0.2) is 36.5 Å². The number of nitrogens with one attached hydrogen (secondary N) is 1. The van der Waals surface area contributed by atoms with Gasteiger partial charge in [-0.05, 0) is 26.3 Å². The first kappa shape index (κ1) is 21.1. The Balaban J connectivity index is 2.04. The van der Waals surface area contributed by atoms with Gasteiger partial charge in [0.25, 0.3) is 0 Å². The van der Waals surface area contributed by atoms with E-state index in [0.717, 1.165) is 5.56 Å². The summed E-state index contributed by atoms with van der Waals surface area (Å²) in [5, 5.41) is 10.5. The molecule has 1 atom stereocenters. The van der Waals surface area contributed by atoms with Crippen LogP contribution in [0, 0.1) is 0 Å². The molecule has 0 spiro atoms. The molecule has 0 fully saturated rings. The van der Waals surface area contributed by atoms with Crippen LogP contribution in [-0.4, -0.2) is 38.7 Å². The maximum Gasteiger partial charge on any atom is 0.408 e. The molecule has 9 heteroatoms. The molecule has 0 saturated heterocycles. The van der Waals surface area contributed by atoms with Crippen molar-refractivity contribution in [2.45, 2.75) is 50.0 Å². The van der Waals surface area contributed by atoms with Crippen LogP contribution < -0.4 is 5.32 Å². The second kappa shape index (κ2) is 9.67. The van der Waals surface area contributed by atoms with Crippen LogP contribution in [0.1, 0.15) is 32.0 Å². The van der Waals surface area contributed by atoms with Crippen LogP contribution in [0.25, 0.3) is 0 Å². The predicted molar refractivity (Wildman–Crippen MR) is 107 cm³/mol. The number of carbonyl (C=O) groups is 2. The smallest absolute Gasteiger partial charge is 0.408 e. The number of hydrogen-bond acceptors (Lipinski definition) is 6. The van der Waals surface area contributed by atoms with E-state index in [4.69, 9.17) is 9.47 Å². The van der Waals surface area contributed by atoms with Gasteiger partial charge in [0.05, 0.1) is 10.2 Å². The van der Waals surface area contributed by atoms with Crippen molar-refractivity contribution in [2.24, 2.45) is 0 Å². The van der Waals surface area contributed by atoms with Crippen molar-refractivity contribution in [2.75, 3.05) is 0 Å². The van der Waals surface area contributed by atoms with E-state index in [9.17, 15) is 9.59 Å². The highest BCUT2D eigenvalue weighted by atomic mass is 127. The van der Waals surface area contributed by atoms with Gasteiger partial charge in [-0.3, -0.25) is 0 Å². The fraction of sp³-hybridized carbons (Fsp3) is 0.444. The molecular formula is C18H23IN4O4. The Bertz CT molecular complexity index is 758. The number of alkyl halides is 1. The van der Waals surface area contributed by atoms with Gasteiger partial charge in [-0.15, -0.1) is 5.10 Å². The molecule has 2 rings (SSSR count). The second-order valence-corrected chi connectivity index (χ2v) is 7.55. The highest BCUT2D eigenvalue weighted by molar-refractivity contribution is 14.1. The van der Waals surface area contributed by atoms with Gasteiger partial charge < -0.3 is 14.8 Å². The number of nitrogens with zero attached hydrogens (tertiary/aromatic N) is 3. The highest BCUT2D eigenvalue weighted by Crippen LogP contribution is 2.10. The third kappa shape index (κ3) is 7.53. The fourth-order valence-corrected chi connectivity index (χ4v) is 2.51. The molecule has 1 aromatic carbocycles. The molecule has 0 radical (unpaired) electrons. The van der Waals surface area contributed by atoms with Gasteiger partial charge in [0, 0.05) is 12.6 Å². The van der Waals surface area contributed by atoms with E-state index in [1.54, 1.807) is 31.6 Å². The van der Waals surface area contributed by atoms with Gasteiger partial charge in [0.1, 0.15) is 18.2 Å². The van der Waals surface area contributed by atoms with E-state index in [0.29, 0.717) is 10.2 Å². The maximum absolute atomic E-state index is 12.5. The Morgan fingerprint density at radius 2 is 1.96 bits per heavy atom. The number of ether oxygens (including phenoxy) is 2. The number of aromatic nitrogens is 3. The molecule has 0 aliphatic heterocycles. The van der Waals surface area contributed by atoms with Gasteiger partial charge in [0.15, 0.2) is 0 Å². The lowest BCUT2D eigenvalue weighted by molar-refractivity contribution is -0.147. The third-order valence-corrected chi connectivity index (χ3v) is 4.02. The molecule has 2 aromatic rings. The van der Waals surface area contributed by atoms with Crippen molar-refractivity contribution < 1.29 is 19.1 Å². The lowest BCUT2D eigenvalue weighted by Crippen LogP contribution is -2.45. The Morgan fingerprint density at radius 1 is 1.26 bits per heavy atom. The number of halogens is 1. The minimum atomic E-state index is -0.928. The molecule has 0 aliphatic rings. The maximum atomic E-state index is 12.5. The summed E-state index contributed by atoms with van der Waals surface area (Å²) >= 11 is 2.15. The van der Waals surface area contributed by atoms with Crippen molar-refractivity contribution in [3.8, 4) is 0 Å². The predicted octanol–water partition coefficient (Wildman–Crippen LogP) is 2.85. The first-order valence-corrected chi connectivity index (χ1v) is 9.94. The average Bonchev–Trinajstić information content (AvgIpc) is 3.06. The van der Waals surface area contributed by atoms with E-state index in [1.807, 2.05) is 30.3 Å². The van der Waals surface area contributed by atoms with Crippen LogP contribution >= 0.6 is 22.6 Å². The van der Waals surface area contributed by atoms with Gasteiger partial charge in [0.2, 0.25) is 0 Å². The summed E-state index contributed by atoms with van der Waals surface area (Å²) in [6.45, 7) is 5.37. The van der Waals surface area contributed by atoms with Crippen LogP contribution in [0.4, 0.5) is 4.79 Å². The monoisotopic (exact) mass is 486 g/mol. The number of amides is 1. The summed E-state index contributed by atoms with van der Waals surface area (Å²) in [5.74, 6) is -0.561. The van der Waals surface area contributed by atoms with Gasteiger partial charge in [-0.2, -0.15) is 0 Å². The molecule has 8 nitrogen and oxygen atoms in total. The SMILES string of the molecule is CC(C)(C)OC(=O)N[C@@H](Cc1cn(CI)nn1)C(=O)OCc1ccccc1. The van der Waals surface area contributed by atoms with E-state index in [-0.39, 0.29) is 13.0 Å². The molecule has 0 unspecified atom stereocenters. The van der Waals surface area contributed by atoms with Crippen molar-refractivity contribution >= 4 is 34.7 Å². The van der Waals surface area contributed by atoms with Crippen LogP contribution in [-0.2, 0) is 31.8 Å². The van der Waals surface area contributed by atoms with Crippen molar-refractivity contribution in [3.63, 3.8) is 0 Å². The van der Waals surface area contributed by atoms with E-state index in [2.05, 4.69) is 38.2 Å². The summed E-state index contributed by atoms with van der Waals surface area (Å²) in [6, 6.07) is 8.40. The summed E-state index contributed by atoms with van der Waals surface area (Å²) in [7, 11) is 0. The van der Waals surface area contributed by atoms with Gasteiger partial charge in [-0.1, -0.05) is 58.1 Å². The Kier molecular flexibility index (Phi) is 7.57. The molecule has 0 aliphatic carbocycles. The summed E-state index contributed by atoms with van der Waals surface area (Å²) in [5.41, 5.74) is 0.759. The summed E-state index contributed by atoms with van der Waals surface area (Å²) in [6.07, 6.45) is 1.19. The molecule has 1 amide bonds. The topological polar surface area (TPSA) is 95.3 Å². The zero-order chi connectivity index (χ0) is 19.9. The normalized spacial score (nSPS) is 12.3. The zero-order valence-corrected chi connectivity index (χ0v) is 17.7. The first-order valence-electron chi connectivity index (χ1n) is 8.42. The molecule has 0 saturated carbocycles. The minimum Gasteiger partial charge on any atom is -0.459 e. The molecule has 1 heterocycles. The van der Waals surface area contributed by atoms with Crippen molar-refractivity contribution in [3.05, 3.63) is 47.8 Å². The largest absolute Gasteiger partial charge is 0.459 e. The lowest BCUT2D eigenvalue weighted by atomic mass is 10.1. The number of alkyl carbamates (subject to hydrolysis) is 1. The Morgan fingerprint density at radius 3 is 2.56 bits per heavy atom. The molecule has 27 heavy (non-hydrogen) atoms. The van der Waals surface area contributed by atoms with Gasteiger partial charge >= 0.3 is 12.1 Å². The molecular weight excluding hydrogens is 463 g/mol.